The summed E-state index contributed by atoms with van der Waals surface area (Å²) in [5.41, 5.74) is 6.71. The van der Waals surface area contributed by atoms with Crippen LogP contribution in [0.3, 0.4) is 0 Å². The molecule has 0 radical (unpaired) electrons. The van der Waals surface area contributed by atoms with E-state index in [4.69, 9.17) is 34.4 Å². The lowest BCUT2D eigenvalue weighted by atomic mass is 9.85. The molecule has 19 heteroatoms. The third-order valence-corrected chi connectivity index (χ3v) is 11.6. The molecule has 338 valence electrons. The van der Waals surface area contributed by atoms with Crippen LogP contribution in [0.25, 0.3) is 22.3 Å². The Bertz CT molecular complexity index is 2410. The van der Waals surface area contributed by atoms with Gasteiger partial charge in [-0.2, -0.15) is 0 Å². The number of aliphatic hydroxyl groups excluding tert-OH is 2. The van der Waals surface area contributed by atoms with Crippen LogP contribution in [0, 0.1) is 5.92 Å². The van der Waals surface area contributed by atoms with Crippen molar-refractivity contribution >= 4 is 52.9 Å². The predicted octanol–water partition coefficient (Wildman–Crippen LogP) is 2.98. The van der Waals surface area contributed by atoms with Crippen molar-refractivity contribution in [2.45, 2.75) is 108 Å². The zero-order valence-electron chi connectivity index (χ0n) is 35.5. The van der Waals surface area contributed by atoms with Crippen LogP contribution in [-0.4, -0.2) is 100 Å². The second-order valence-corrected chi connectivity index (χ2v) is 16.0. The number of rotatable bonds is 14. The Hall–Kier alpha value is -5.63. The molecule has 1 unspecified atom stereocenters. The number of pyridine rings is 2. The van der Waals surface area contributed by atoms with E-state index >= 15 is 0 Å². The van der Waals surface area contributed by atoms with E-state index in [2.05, 4.69) is 16.0 Å². The summed E-state index contributed by atoms with van der Waals surface area (Å²) < 4.78 is 29.8. The molecule has 0 bridgehead atoms. The van der Waals surface area contributed by atoms with Gasteiger partial charge >= 0.3 is 18.0 Å². The lowest BCUT2D eigenvalue weighted by molar-refractivity contribution is -0.272. The van der Waals surface area contributed by atoms with E-state index < -0.39 is 83.7 Å². The summed E-state index contributed by atoms with van der Waals surface area (Å²) in [5, 5.41) is 29.8. The molecule has 2 aromatic carbocycles. The molecule has 1 fully saturated rings. The van der Waals surface area contributed by atoms with Crippen LogP contribution in [0.15, 0.2) is 65.5 Å². The first-order chi connectivity index (χ1) is 29.7. The molecule has 7 N–H and O–H groups in total. The number of cyclic esters (lactones) is 1. The number of anilines is 1. The minimum absolute atomic E-state index is 0. The lowest BCUT2D eigenvalue weighted by Gasteiger charge is -2.40. The minimum atomic E-state index is -2.01. The lowest BCUT2D eigenvalue weighted by Crippen LogP contribution is -2.59. The van der Waals surface area contributed by atoms with Crippen molar-refractivity contribution < 1.29 is 53.1 Å². The summed E-state index contributed by atoms with van der Waals surface area (Å²) in [4.78, 5) is 73.9. The van der Waals surface area contributed by atoms with E-state index in [1.807, 2.05) is 30.3 Å². The largest absolute Gasteiger partial charge is 0.462 e. The van der Waals surface area contributed by atoms with Gasteiger partial charge in [0.15, 0.2) is 0 Å². The number of nitrogens with one attached hydrogen (secondary N) is 3. The van der Waals surface area contributed by atoms with E-state index in [0.29, 0.717) is 29.2 Å². The third-order valence-electron chi connectivity index (χ3n) is 11.6. The van der Waals surface area contributed by atoms with E-state index in [9.17, 15) is 34.2 Å². The number of nitrogens with zero attached hydrogens (tertiary/aromatic N) is 2. The molecule has 3 aliphatic heterocycles. The zero-order valence-corrected chi connectivity index (χ0v) is 36.3. The van der Waals surface area contributed by atoms with Crippen molar-refractivity contribution in [1.29, 1.82) is 0 Å². The molecule has 7 rings (SSSR count). The molecule has 1 saturated heterocycles. The van der Waals surface area contributed by atoms with E-state index in [0.717, 1.165) is 16.5 Å². The number of benzene rings is 2. The number of amides is 3. The Morgan fingerprint density at radius 2 is 1.78 bits per heavy atom. The molecule has 0 spiro atoms. The number of methoxy groups -OCH3 is 1. The number of ether oxygens (including phenoxy) is 5. The van der Waals surface area contributed by atoms with Gasteiger partial charge in [0.2, 0.25) is 17.8 Å². The normalized spacial score (nSPS) is 23.3. The van der Waals surface area contributed by atoms with Crippen LogP contribution in [-0.2, 0) is 52.1 Å². The van der Waals surface area contributed by atoms with Gasteiger partial charge in [0.25, 0.3) is 5.56 Å². The number of para-hydroxylation sites is 1. The first-order valence-electron chi connectivity index (χ1n) is 20.6. The summed E-state index contributed by atoms with van der Waals surface area (Å²) in [6, 6.07) is 14.2. The van der Waals surface area contributed by atoms with E-state index in [-0.39, 0.29) is 56.1 Å². The van der Waals surface area contributed by atoms with Gasteiger partial charge in [-0.25, -0.2) is 19.4 Å². The van der Waals surface area contributed by atoms with Gasteiger partial charge < -0.3 is 60.1 Å². The van der Waals surface area contributed by atoms with Crippen molar-refractivity contribution in [3.63, 3.8) is 0 Å². The van der Waals surface area contributed by atoms with Crippen molar-refractivity contribution in [2.24, 2.45) is 11.7 Å². The van der Waals surface area contributed by atoms with Crippen molar-refractivity contribution in [3.05, 3.63) is 87.7 Å². The smallest absolute Gasteiger partial charge is 0.355 e. The topological polar surface area (TPSA) is 252 Å². The second-order valence-electron chi connectivity index (χ2n) is 16.0. The molecular weight excluding hydrogens is 840 g/mol. The molecule has 63 heavy (non-hydrogen) atoms. The molecule has 2 aromatic heterocycles. The van der Waals surface area contributed by atoms with Gasteiger partial charge in [-0.1, -0.05) is 39.0 Å². The van der Waals surface area contributed by atoms with Crippen LogP contribution in [0.5, 0.6) is 5.75 Å². The predicted molar refractivity (Wildman–Crippen MR) is 231 cm³/mol. The second kappa shape index (κ2) is 19.4. The molecule has 4 aromatic rings. The number of fused-ring (bicyclic) bond motifs is 5. The maximum absolute atomic E-state index is 14.2. The first-order valence-corrected chi connectivity index (χ1v) is 20.6. The summed E-state index contributed by atoms with van der Waals surface area (Å²) >= 11 is 0. The van der Waals surface area contributed by atoms with Gasteiger partial charge in [0, 0.05) is 29.3 Å². The number of halogens is 1. The Morgan fingerprint density at radius 1 is 1.05 bits per heavy atom. The maximum Gasteiger partial charge on any atom is 0.355 e. The average molecular weight is 893 g/mol. The fourth-order valence-corrected chi connectivity index (χ4v) is 8.11. The summed E-state index contributed by atoms with van der Waals surface area (Å²) in [5.74, 6) is -2.74. The Balaban J connectivity index is 0.00000661. The third kappa shape index (κ3) is 9.23. The highest BCUT2D eigenvalue weighted by Crippen LogP contribution is 2.41. The van der Waals surface area contributed by atoms with Gasteiger partial charge in [-0.3, -0.25) is 9.59 Å². The van der Waals surface area contributed by atoms with Crippen LogP contribution in [0.1, 0.15) is 63.6 Å². The SMILES string of the molecule is CC[C@@]1(OC(=O)[C@@H](NC(=O)[C@H](CCCN)NC(=O)Nc2ccc(O[C@H]3O[C@@H](C)C(O)[C@@H](OC)[C@@H]3O)cc2)C(C)C)C(=O)OCc2c1cc1n(c2=O)Cc2cc3ccccc3nc2-1.Cl. The van der Waals surface area contributed by atoms with Crippen LogP contribution < -0.4 is 32.0 Å². The number of aromatic nitrogens is 2. The first kappa shape index (κ1) is 46.9. The fourth-order valence-electron chi connectivity index (χ4n) is 8.11. The number of hydrogen-bond donors (Lipinski definition) is 6. The number of esters is 2. The van der Waals surface area contributed by atoms with Crippen molar-refractivity contribution in [2.75, 3.05) is 19.0 Å². The summed E-state index contributed by atoms with van der Waals surface area (Å²) in [6.45, 7) is 6.82. The Labute approximate surface area is 369 Å². The number of carbonyl (C=O) groups excluding carboxylic acids is 4. The van der Waals surface area contributed by atoms with Gasteiger partial charge in [0.05, 0.1) is 35.1 Å². The van der Waals surface area contributed by atoms with Crippen LogP contribution >= 0.6 is 12.4 Å². The van der Waals surface area contributed by atoms with Crippen LogP contribution in [0.2, 0.25) is 0 Å². The fraction of sp³-hybridized carbons (Fsp3) is 0.455. The van der Waals surface area contributed by atoms with Crippen molar-refractivity contribution in [1.82, 2.24) is 20.2 Å². The molecule has 3 aliphatic rings. The quantitative estimate of drug-likeness (QED) is 0.0878. The highest BCUT2D eigenvalue weighted by atomic mass is 35.5. The number of hydrogen-bond acceptors (Lipinski definition) is 14. The van der Waals surface area contributed by atoms with E-state index in [1.54, 1.807) is 38.3 Å². The molecule has 3 amide bonds. The number of carbonyl (C=O) groups is 4. The number of urea groups is 1. The maximum atomic E-state index is 14.2. The Kier molecular flexibility index (Phi) is 14.4. The van der Waals surface area contributed by atoms with Crippen LogP contribution in [0.4, 0.5) is 10.5 Å². The minimum Gasteiger partial charge on any atom is -0.462 e. The van der Waals surface area contributed by atoms with Gasteiger partial charge in [0.1, 0.15) is 42.8 Å². The van der Waals surface area contributed by atoms with E-state index in [1.165, 1.54) is 31.4 Å². The number of nitrogens with two attached hydrogens (primary N) is 1. The molecule has 5 heterocycles. The molecule has 8 atom stereocenters. The molecule has 0 aliphatic carbocycles. The summed E-state index contributed by atoms with van der Waals surface area (Å²) in [6.07, 6.45) is -4.65. The monoisotopic (exact) mass is 892 g/mol. The highest BCUT2D eigenvalue weighted by Gasteiger charge is 2.52. The summed E-state index contributed by atoms with van der Waals surface area (Å²) in [7, 11) is 1.37. The van der Waals surface area contributed by atoms with Gasteiger partial charge in [-0.05, 0) is 81.1 Å². The van der Waals surface area contributed by atoms with Gasteiger partial charge in [-0.15, -0.1) is 12.4 Å². The number of aliphatic hydroxyl groups is 2. The molecule has 18 nitrogen and oxygen atoms in total. The zero-order chi connectivity index (χ0) is 44.5. The molecule has 0 saturated carbocycles. The standard InChI is InChI=1S/C44H52N6O12.ClH/c1-6-44(29-19-32-34-25(18-24-10-7-8-11-30(24)47-34)20-50(32)39(54)28(29)21-59-42(44)56)62-40(55)33(22(2)3)49-38(53)31(12-9-17-45)48-43(57)46-26-13-15-27(16-14-26)61-41-36(52)37(58-5)35(51)23(4)60-41;/h7-8,10-11,13-16,18-19,22-23,31,33,35-37,41,51-52H,6,9,12,17,20-21,45H2,1-5H3,(H,49,53)(H2,46,48,57);1H/t23-,31-,33-,35?,36-,37+,41+,44-;/m0./s1. The Morgan fingerprint density at radius 3 is 2.46 bits per heavy atom. The van der Waals surface area contributed by atoms with Crippen molar-refractivity contribution in [3.8, 4) is 17.1 Å². The highest BCUT2D eigenvalue weighted by molar-refractivity contribution is 5.95. The molecular formula is C44H53ClN6O12. The average Bonchev–Trinajstić information content (AvgIpc) is 3.61.